The first-order chi connectivity index (χ1) is 13.5. The summed E-state index contributed by atoms with van der Waals surface area (Å²) in [5, 5.41) is 3.08. The van der Waals surface area contributed by atoms with Crippen molar-refractivity contribution in [3.8, 4) is 0 Å². The fourth-order valence-electron chi connectivity index (χ4n) is 4.21. The van der Waals surface area contributed by atoms with E-state index in [0.29, 0.717) is 13.1 Å². The Balaban J connectivity index is 1.55. The molecule has 1 aromatic carbocycles. The van der Waals surface area contributed by atoms with Crippen molar-refractivity contribution in [2.24, 2.45) is 0 Å². The molecule has 6 heteroatoms. The molecule has 1 N–H and O–H groups in total. The quantitative estimate of drug-likeness (QED) is 0.857. The molecule has 0 aliphatic carbocycles. The number of piperidine rings is 1. The van der Waals surface area contributed by atoms with Gasteiger partial charge >= 0.3 is 6.03 Å². The van der Waals surface area contributed by atoms with Gasteiger partial charge in [-0.3, -0.25) is 0 Å². The van der Waals surface area contributed by atoms with Crippen molar-refractivity contribution in [2.75, 3.05) is 29.9 Å². The van der Waals surface area contributed by atoms with Gasteiger partial charge in [0.1, 0.15) is 11.6 Å². The summed E-state index contributed by atoms with van der Waals surface area (Å²) >= 11 is 0. The number of nitrogens with one attached hydrogen (secondary N) is 1. The topological polar surface area (TPSA) is 61.4 Å². The Kier molecular flexibility index (Phi) is 5.20. The number of fused-ring (bicyclic) bond motifs is 1. The lowest BCUT2D eigenvalue weighted by atomic mass is 10.0. The average Bonchev–Trinajstić information content (AvgIpc) is 2.69. The number of carbonyl (C=O) groups is 1. The first-order valence-corrected chi connectivity index (χ1v) is 10.3. The van der Waals surface area contributed by atoms with Crippen LogP contribution in [0, 0.1) is 20.8 Å². The molecule has 0 saturated carbocycles. The summed E-state index contributed by atoms with van der Waals surface area (Å²) in [4.78, 5) is 26.6. The lowest BCUT2D eigenvalue weighted by Gasteiger charge is -2.34. The predicted octanol–water partition coefficient (Wildman–Crippen LogP) is 3.98. The standard InChI is InChI=1S/C22H29N5O/c1-15-7-8-19(16(2)13-15)25-22(28)27-12-9-20-18(14-27)21(24-17(3)23-20)26-10-5-4-6-11-26/h7-8,13H,4-6,9-12,14H2,1-3H3,(H,25,28). The third kappa shape index (κ3) is 3.81. The molecule has 2 aliphatic rings. The maximum Gasteiger partial charge on any atom is 0.322 e. The van der Waals surface area contributed by atoms with Gasteiger partial charge in [0.15, 0.2) is 0 Å². The van der Waals surface area contributed by atoms with E-state index in [1.165, 1.54) is 24.8 Å². The lowest BCUT2D eigenvalue weighted by Crippen LogP contribution is -2.41. The van der Waals surface area contributed by atoms with E-state index in [0.717, 1.165) is 53.7 Å². The lowest BCUT2D eigenvalue weighted by molar-refractivity contribution is 0.206. The molecule has 3 heterocycles. The van der Waals surface area contributed by atoms with E-state index >= 15 is 0 Å². The van der Waals surface area contributed by atoms with E-state index in [2.05, 4.69) is 28.2 Å². The number of nitrogens with zero attached hydrogens (tertiary/aromatic N) is 4. The fraction of sp³-hybridized carbons (Fsp3) is 0.500. The van der Waals surface area contributed by atoms with E-state index in [1.54, 1.807) is 0 Å². The second kappa shape index (κ2) is 7.78. The number of hydrogen-bond donors (Lipinski definition) is 1. The summed E-state index contributed by atoms with van der Waals surface area (Å²) in [7, 11) is 0. The van der Waals surface area contributed by atoms with E-state index < -0.39 is 0 Å². The summed E-state index contributed by atoms with van der Waals surface area (Å²) in [5.74, 6) is 1.86. The van der Waals surface area contributed by atoms with Crippen molar-refractivity contribution in [2.45, 2.75) is 53.0 Å². The van der Waals surface area contributed by atoms with Crippen molar-refractivity contribution < 1.29 is 4.79 Å². The van der Waals surface area contributed by atoms with Crippen LogP contribution in [0.2, 0.25) is 0 Å². The minimum Gasteiger partial charge on any atom is -0.356 e. The van der Waals surface area contributed by atoms with E-state index in [1.807, 2.05) is 30.9 Å². The Morgan fingerprint density at radius 1 is 1.04 bits per heavy atom. The number of carbonyl (C=O) groups excluding carboxylic acids is 1. The molecule has 28 heavy (non-hydrogen) atoms. The zero-order valence-electron chi connectivity index (χ0n) is 17.1. The smallest absolute Gasteiger partial charge is 0.322 e. The van der Waals surface area contributed by atoms with Crippen molar-refractivity contribution in [1.29, 1.82) is 0 Å². The van der Waals surface area contributed by atoms with Crippen LogP contribution >= 0.6 is 0 Å². The fourth-order valence-corrected chi connectivity index (χ4v) is 4.21. The zero-order chi connectivity index (χ0) is 19.7. The minimum atomic E-state index is -0.0530. The Bertz CT molecular complexity index is 889. The van der Waals surface area contributed by atoms with Crippen molar-refractivity contribution in [3.05, 3.63) is 46.4 Å². The number of benzene rings is 1. The van der Waals surface area contributed by atoms with Gasteiger partial charge in [0.2, 0.25) is 0 Å². The molecule has 0 bridgehead atoms. The molecule has 0 atom stereocenters. The number of amides is 2. The van der Waals surface area contributed by atoms with Gasteiger partial charge in [0, 0.05) is 37.3 Å². The van der Waals surface area contributed by atoms with Gasteiger partial charge in [0.25, 0.3) is 0 Å². The first kappa shape index (κ1) is 18.7. The van der Waals surface area contributed by atoms with Crippen LogP contribution in [0.25, 0.3) is 0 Å². The second-order valence-corrected chi connectivity index (χ2v) is 7.99. The molecule has 0 spiro atoms. The van der Waals surface area contributed by atoms with Gasteiger partial charge in [0.05, 0.1) is 12.2 Å². The summed E-state index contributed by atoms with van der Waals surface area (Å²) in [6.45, 7) is 9.38. The molecule has 1 aromatic heterocycles. The van der Waals surface area contributed by atoms with Gasteiger partial charge in [-0.05, 0) is 51.7 Å². The number of aromatic nitrogens is 2. The van der Waals surface area contributed by atoms with Crippen LogP contribution in [0.5, 0.6) is 0 Å². The Morgan fingerprint density at radius 3 is 2.57 bits per heavy atom. The molecule has 0 unspecified atom stereocenters. The van der Waals surface area contributed by atoms with Crippen LogP contribution in [0.3, 0.4) is 0 Å². The van der Waals surface area contributed by atoms with Gasteiger partial charge < -0.3 is 15.1 Å². The zero-order valence-corrected chi connectivity index (χ0v) is 17.1. The van der Waals surface area contributed by atoms with E-state index in [-0.39, 0.29) is 6.03 Å². The molecule has 4 rings (SSSR count). The summed E-state index contributed by atoms with van der Waals surface area (Å²) in [6.07, 6.45) is 4.47. The summed E-state index contributed by atoms with van der Waals surface area (Å²) < 4.78 is 0. The Morgan fingerprint density at radius 2 is 1.82 bits per heavy atom. The van der Waals surface area contributed by atoms with E-state index in [9.17, 15) is 4.79 Å². The largest absolute Gasteiger partial charge is 0.356 e. The Hall–Kier alpha value is -2.63. The second-order valence-electron chi connectivity index (χ2n) is 7.99. The van der Waals surface area contributed by atoms with Crippen LogP contribution < -0.4 is 10.2 Å². The third-order valence-electron chi connectivity index (χ3n) is 5.72. The molecule has 2 aromatic rings. The number of rotatable bonds is 2. The highest BCUT2D eigenvalue weighted by atomic mass is 16.2. The average molecular weight is 380 g/mol. The van der Waals surface area contributed by atoms with Crippen LogP contribution in [-0.2, 0) is 13.0 Å². The van der Waals surface area contributed by atoms with Gasteiger partial charge in [-0.15, -0.1) is 0 Å². The van der Waals surface area contributed by atoms with Crippen molar-refractivity contribution in [1.82, 2.24) is 14.9 Å². The number of aryl methyl sites for hydroxylation is 3. The summed E-state index contributed by atoms with van der Waals surface area (Å²) in [6, 6.07) is 6.04. The summed E-state index contributed by atoms with van der Waals surface area (Å²) in [5.41, 5.74) is 5.37. The Labute approximate surface area is 167 Å². The monoisotopic (exact) mass is 379 g/mol. The minimum absolute atomic E-state index is 0.0530. The highest BCUT2D eigenvalue weighted by Crippen LogP contribution is 2.29. The predicted molar refractivity (Wildman–Crippen MR) is 112 cm³/mol. The maximum atomic E-state index is 12.9. The molecular weight excluding hydrogens is 350 g/mol. The molecule has 6 nitrogen and oxygen atoms in total. The maximum absolute atomic E-state index is 12.9. The van der Waals surface area contributed by atoms with Crippen molar-refractivity contribution in [3.63, 3.8) is 0 Å². The van der Waals surface area contributed by atoms with Crippen LogP contribution in [0.15, 0.2) is 18.2 Å². The van der Waals surface area contributed by atoms with Crippen LogP contribution in [0.4, 0.5) is 16.3 Å². The molecular formula is C22H29N5O. The highest BCUT2D eigenvalue weighted by Gasteiger charge is 2.28. The number of anilines is 2. The van der Waals surface area contributed by atoms with E-state index in [4.69, 9.17) is 4.98 Å². The molecule has 1 fully saturated rings. The highest BCUT2D eigenvalue weighted by molar-refractivity contribution is 5.90. The van der Waals surface area contributed by atoms with Gasteiger partial charge in [-0.25, -0.2) is 14.8 Å². The molecule has 148 valence electrons. The van der Waals surface area contributed by atoms with Crippen LogP contribution in [0.1, 0.15) is 47.5 Å². The SMILES string of the molecule is Cc1ccc(NC(=O)N2CCc3nc(C)nc(N4CCCCC4)c3C2)c(C)c1. The van der Waals surface area contributed by atoms with Gasteiger partial charge in [-0.1, -0.05) is 17.7 Å². The first-order valence-electron chi connectivity index (χ1n) is 10.3. The van der Waals surface area contributed by atoms with Crippen molar-refractivity contribution >= 4 is 17.5 Å². The number of hydrogen-bond acceptors (Lipinski definition) is 4. The molecule has 2 aliphatic heterocycles. The molecule has 0 radical (unpaired) electrons. The normalized spacial score (nSPS) is 16.7. The van der Waals surface area contributed by atoms with Gasteiger partial charge in [-0.2, -0.15) is 0 Å². The third-order valence-corrected chi connectivity index (χ3v) is 5.72. The molecule has 2 amide bonds. The van der Waals surface area contributed by atoms with Crippen LogP contribution in [-0.4, -0.2) is 40.5 Å². The number of urea groups is 1. The molecule has 1 saturated heterocycles.